The van der Waals surface area contributed by atoms with Gasteiger partial charge in [-0.3, -0.25) is 9.48 Å². The Morgan fingerprint density at radius 2 is 2.31 bits per heavy atom. The molecule has 0 aliphatic carbocycles. The third-order valence-electron chi connectivity index (χ3n) is 2.43. The molecule has 0 radical (unpaired) electrons. The molecule has 0 amide bonds. The SMILES string of the molecule is CCn1nc2c(CC(=O)O)cccc2c1Cl. The van der Waals surface area contributed by atoms with Crippen LogP contribution in [0, 0.1) is 0 Å². The van der Waals surface area contributed by atoms with Crippen molar-refractivity contribution in [2.45, 2.75) is 19.9 Å². The zero-order valence-electron chi connectivity index (χ0n) is 8.77. The fourth-order valence-corrected chi connectivity index (χ4v) is 2.00. The second kappa shape index (κ2) is 4.14. The van der Waals surface area contributed by atoms with Crippen LogP contribution < -0.4 is 0 Å². The van der Waals surface area contributed by atoms with Crippen molar-refractivity contribution in [3.8, 4) is 0 Å². The van der Waals surface area contributed by atoms with Crippen LogP contribution >= 0.6 is 11.6 Å². The number of aryl methyl sites for hydroxylation is 1. The van der Waals surface area contributed by atoms with Gasteiger partial charge in [0.1, 0.15) is 5.15 Å². The number of halogens is 1. The predicted molar refractivity (Wildman–Crippen MR) is 61.8 cm³/mol. The van der Waals surface area contributed by atoms with Crippen molar-refractivity contribution in [2.75, 3.05) is 0 Å². The first-order valence-corrected chi connectivity index (χ1v) is 5.37. The first-order valence-electron chi connectivity index (χ1n) is 4.99. The number of carboxylic acid groups (broad SMARTS) is 1. The summed E-state index contributed by atoms with van der Waals surface area (Å²) in [5.74, 6) is -0.866. The monoisotopic (exact) mass is 238 g/mol. The van der Waals surface area contributed by atoms with Gasteiger partial charge in [0.2, 0.25) is 0 Å². The van der Waals surface area contributed by atoms with Crippen LogP contribution in [0.25, 0.3) is 10.9 Å². The molecule has 0 aliphatic rings. The smallest absolute Gasteiger partial charge is 0.307 e. The Bertz CT molecular complexity index is 548. The molecular weight excluding hydrogens is 228 g/mol. The van der Waals surface area contributed by atoms with Gasteiger partial charge in [-0.1, -0.05) is 23.7 Å². The van der Waals surface area contributed by atoms with Crippen molar-refractivity contribution < 1.29 is 9.90 Å². The molecule has 0 unspecified atom stereocenters. The molecule has 2 aromatic rings. The molecule has 5 heteroatoms. The highest BCUT2D eigenvalue weighted by atomic mass is 35.5. The van der Waals surface area contributed by atoms with E-state index in [0.717, 1.165) is 5.39 Å². The van der Waals surface area contributed by atoms with Crippen molar-refractivity contribution >= 4 is 28.5 Å². The minimum atomic E-state index is -0.866. The normalized spacial score (nSPS) is 10.9. The van der Waals surface area contributed by atoms with Gasteiger partial charge in [-0.25, -0.2) is 0 Å². The maximum absolute atomic E-state index is 10.7. The largest absolute Gasteiger partial charge is 0.481 e. The van der Waals surface area contributed by atoms with Gasteiger partial charge in [0.05, 0.1) is 11.9 Å². The average Bonchev–Trinajstić information content (AvgIpc) is 2.56. The molecule has 0 aliphatic heterocycles. The van der Waals surface area contributed by atoms with Crippen molar-refractivity contribution in [1.82, 2.24) is 9.78 Å². The summed E-state index contributed by atoms with van der Waals surface area (Å²) >= 11 is 6.12. The van der Waals surface area contributed by atoms with Gasteiger partial charge < -0.3 is 5.11 Å². The number of carbonyl (C=O) groups is 1. The van der Waals surface area contributed by atoms with Gasteiger partial charge in [0, 0.05) is 11.9 Å². The first-order chi connectivity index (χ1) is 7.63. The van der Waals surface area contributed by atoms with E-state index in [1.807, 2.05) is 13.0 Å². The van der Waals surface area contributed by atoms with E-state index in [1.54, 1.807) is 16.8 Å². The Morgan fingerprint density at radius 1 is 1.56 bits per heavy atom. The highest BCUT2D eigenvalue weighted by Gasteiger charge is 2.12. The number of aromatic nitrogens is 2. The zero-order valence-corrected chi connectivity index (χ0v) is 9.53. The number of rotatable bonds is 3. The van der Waals surface area contributed by atoms with Crippen LogP contribution in [0.2, 0.25) is 5.15 Å². The van der Waals surface area contributed by atoms with Crippen LogP contribution in [0.3, 0.4) is 0 Å². The molecule has 16 heavy (non-hydrogen) atoms. The lowest BCUT2D eigenvalue weighted by Gasteiger charge is -1.97. The lowest BCUT2D eigenvalue weighted by atomic mass is 10.1. The summed E-state index contributed by atoms with van der Waals surface area (Å²) in [5, 5.41) is 14.5. The number of benzene rings is 1. The molecule has 0 fully saturated rings. The molecule has 1 heterocycles. The Kier molecular flexibility index (Phi) is 2.83. The summed E-state index contributed by atoms with van der Waals surface area (Å²) in [4.78, 5) is 10.7. The van der Waals surface area contributed by atoms with Crippen molar-refractivity contribution in [3.63, 3.8) is 0 Å². The maximum atomic E-state index is 10.7. The Balaban J connectivity index is 2.63. The molecule has 0 bridgehead atoms. The topological polar surface area (TPSA) is 55.1 Å². The van der Waals surface area contributed by atoms with Crippen LogP contribution in [-0.4, -0.2) is 20.9 Å². The summed E-state index contributed by atoms with van der Waals surface area (Å²) < 4.78 is 1.66. The van der Waals surface area contributed by atoms with Gasteiger partial charge in [-0.05, 0) is 18.6 Å². The fourth-order valence-electron chi connectivity index (χ4n) is 1.69. The molecule has 0 atom stereocenters. The fraction of sp³-hybridized carbons (Fsp3) is 0.273. The minimum absolute atomic E-state index is 0.0333. The molecule has 2 rings (SSSR count). The molecule has 1 aromatic heterocycles. The standard InChI is InChI=1S/C11H11ClN2O2/c1-2-14-11(12)8-5-3-4-7(6-9(15)16)10(8)13-14/h3-5H,2,6H2,1H3,(H,15,16). The van der Waals surface area contributed by atoms with E-state index in [-0.39, 0.29) is 6.42 Å². The summed E-state index contributed by atoms with van der Waals surface area (Å²) in [7, 11) is 0. The Labute approximate surface area is 97.4 Å². The molecule has 0 saturated heterocycles. The molecular formula is C11H11ClN2O2. The molecule has 1 N–H and O–H groups in total. The highest BCUT2D eigenvalue weighted by Crippen LogP contribution is 2.25. The van der Waals surface area contributed by atoms with E-state index < -0.39 is 5.97 Å². The maximum Gasteiger partial charge on any atom is 0.307 e. The number of hydrogen-bond acceptors (Lipinski definition) is 2. The average molecular weight is 239 g/mol. The van der Waals surface area contributed by atoms with E-state index in [4.69, 9.17) is 16.7 Å². The minimum Gasteiger partial charge on any atom is -0.481 e. The number of nitrogens with zero attached hydrogens (tertiary/aromatic N) is 2. The van der Waals surface area contributed by atoms with Crippen LogP contribution in [0.5, 0.6) is 0 Å². The van der Waals surface area contributed by atoms with Crippen molar-refractivity contribution in [3.05, 3.63) is 28.9 Å². The van der Waals surface area contributed by atoms with Gasteiger partial charge in [-0.15, -0.1) is 0 Å². The molecule has 84 valence electrons. The van der Waals surface area contributed by atoms with E-state index in [0.29, 0.717) is 22.8 Å². The number of hydrogen-bond donors (Lipinski definition) is 1. The van der Waals surface area contributed by atoms with Gasteiger partial charge in [-0.2, -0.15) is 5.10 Å². The second-order valence-corrected chi connectivity index (χ2v) is 3.85. The van der Waals surface area contributed by atoms with Crippen LogP contribution in [0.1, 0.15) is 12.5 Å². The lowest BCUT2D eigenvalue weighted by molar-refractivity contribution is -0.136. The van der Waals surface area contributed by atoms with E-state index in [1.165, 1.54) is 0 Å². The zero-order chi connectivity index (χ0) is 11.7. The molecule has 1 aromatic carbocycles. The van der Waals surface area contributed by atoms with E-state index >= 15 is 0 Å². The van der Waals surface area contributed by atoms with Crippen LogP contribution in [-0.2, 0) is 17.8 Å². The quantitative estimate of drug-likeness (QED) is 0.893. The third-order valence-corrected chi connectivity index (χ3v) is 2.83. The number of fused-ring (bicyclic) bond motifs is 1. The van der Waals surface area contributed by atoms with Crippen molar-refractivity contribution in [2.24, 2.45) is 0 Å². The third kappa shape index (κ3) is 1.76. The van der Waals surface area contributed by atoms with Crippen LogP contribution in [0.4, 0.5) is 0 Å². The van der Waals surface area contributed by atoms with E-state index in [9.17, 15) is 4.79 Å². The van der Waals surface area contributed by atoms with E-state index in [2.05, 4.69) is 5.10 Å². The predicted octanol–water partition coefficient (Wildman–Crippen LogP) is 2.34. The Hall–Kier alpha value is -1.55. The summed E-state index contributed by atoms with van der Waals surface area (Å²) in [6.07, 6.45) is -0.0333. The summed E-state index contributed by atoms with van der Waals surface area (Å²) in [6.45, 7) is 2.61. The Morgan fingerprint density at radius 3 is 2.94 bits per heavy atom. The van der Waals surface area contributed by atoms with Gasteiger partial charge in [0.15, 0.2) is 0 Å². The van der Waals surface area contributed by atoms with Gasteiger partial charge in [0.25, 0.3) is 0 Å². The number of aliphatic carboxylic acids is 1. The highest BCUT2D eigenvalue weighted by molar-refractivity contribution is 6.34. The molecule has 0 spiro atoms. The first kappa shape index (κ1) is 11.0. The van der Waals surface area contributed by atoms with Crippen LogP contribution in [0.15, 0.2) is 18.2 Å². The second-order valence-electron chi connectivity index (χ2n) is 3.49. The summed E-state index contributed by atoms with van der Waals surface area (Å²) in [5.41, 5.74) is 1.37. The molecule has 0 saturated carbocycles. The van der Waals surface area contributed by atoms with Crippen molar-refractivity contribution in [1.29, 1.82) is 0 Å². The lowest BCUT2D eigenvalue weighted by Crippen LogP contribution is -2.01. The summed E-state index contributed by atoms with van der Waals surface area (Å²) in [6, 6.07) is 5.41. The number of carboxylic acids is 1. The van der Waals surface area contributed by atoms with Gasteiger partial charge >= 0.3 is 5.97 Å². The molecule has 4 nitrogen and oxygen atoms in total.